The monoisotopic (exact) mass is 354 g/mol. The Morgan fingerprint density at radius 3 is 2.50 bits per heavy atom. The van der Waals surface area contributed by atoms with Crippen molar-refractivity contribution in [3.8, 4) is 11.3 Å². The van der Waals surface area contributed by atoms with Gasteiger partial charge in [0, 0.05) is 25.2 Å². The predicted octanol–water partition coefficient (Wildman–Crippen LogP) is 3.68. The molecule has 3 heterocycles. The van der Waals surface area contributed by atoms with E-state index in [1.807, 2.05) is 0 Å². The number of benzene rings is 1. The zero-order valence-electron chi connectivity index (χ0n) is 15.8. The molecule has 0 aliphatic carbocycles. The normalized spacial score (nSPS) is 25.0. The zero-order valence-corrected chi connectivity index (χ0v) is 15.8. The quantitative estimate of drug-likeness (QED) is 0.889. The molecule has 0 saturated carbocycles. The molecule has 2 aliphatic rings. The Labute approximate surface area is 156 Å². The van der Waals surface area contributed by atoms with Crippen molar-refractivity contribution in [1.29, 1.82) is 0 Å². The number of hydrogen-bond donors (Lipinski definition) is 1. The number of rotatable bonds is 5. The van der Waals surface area contributed by atoms with E-state index in [1.165, 1.54) is 24.8 Å². The first-order valence-electron chi connectivity index (χ1n) is 9.93. The molecule has 0 spiro atoms. The standard InChI is InChI=1S/C22H30N2O2/c1-18-5-7-19(8-6-18)21-10-9-20(26-21)15-24-14-11-22(25,17-24)16-23-12-3-2-4-13-23/h5-10,25H,2-4,11-17H2,1H3. The van der Waals surface area contributed by atoms with Crippen LogP contribution in [0.3, 0.4) is 0 Å². The van der Waals surface area contributed by atoms with Crippen LogP contribution in [-0.2, 0) is 6.54 Å². The minimum absolute atomic E-state index is 0.566. The summed E-state index contributed by atoms with van der Waals surface area (Å²) in [4.78, 5) is 4.76. The van der Waals surface area contributed by atoms with E-state index in [0.29, 0.717) is 0 Å². The second-order valence-electron chi connectivity index (χ2n) is 8.15. The van der Waals surface area contributed by atoms with Gasteiger partial charge in [-0.3, -0.25) is 4.90 Å². The molecular weight excluding hydrogens is 324 g/mol. The molecule has 4 heteroatoms. The largest absolute Gasteiger partial charge is 0.460 e. The summed E-state index contributed by atoms with van der Waals surface area (Å²) in [6, 6.07) is 12.5. The van der Waals surface area contributed by atoms with Gasteiger partial charge >= 0.3 is 0 Å². The van der Waals surface area contributed by atoms with Crippen molar-refractivity contribution in [2.45, 2.75) is 44.8 Å². The van der Waals surface area contributed by atoms with Crippen molar-refractivity contribution in [2.24, 2.45) is 0 Å². The Morgan fingerprint density at radius 2 is 1.73 bits per heavy atom. The summed E-state index contributed by atoms with van der Waals surface area (Å²) < 4.78 is 6.06. The van der Waals surface area contributed by atoms with E-state index in [4.69, 9.17) is 4.42 Å². The Morgan fingerprint density at radius 1 is 0.962 bits per heavy atom. The van der Waals surface area contributed by atoms with Crippen LogP contribution >= 0.6 is 0 Å². The van der Waals surface area contributed by atoms with Crippen molar-refractivity contribution in [2.75, 3.05) is 32.7 Å². The molecule has 0 radical (unpaired) electrons. The summed E-state index contributed by atoms with van der Waals surface area (Å²) in [5, 5.41) is 11.0. The highest BCUT2D eigenvalue weighted by atomic mass is 16.3. The van der Waals surface area contributed by atoms with E-state index in [-0.39, 0.29) is 0 Å². The van der Waals surface area contributed by atoms with Crippen molar-refractivity contribution < 1.29 is 9.52 Å². The highest BCUT2D eigenvalue weighted by molar-refractivity contribution is 5.57. The highest BCUT2D eigenvalue weighted by Crippen LogP contribution is 2.27. The lowest BCUT2D eigenvalue weighted by atomic mass is 10.0. The number of likely N-dealkylation sites (tertiary alicyclic amines) is 2. The molecule has 1 aromatic carbocycles. The first kappa shape index (κ1) is 17.8. The fourth-order valence-electron chi connectivity index (χ4n) is 4.29. The summed E-state index contributed by atoms with van der Waals surface area (Å²) >= 11 is 0. The van der Waals surface area contributed by atoms with Crippen molar-refractivity contribution in [3.05, 3.63) is 47.7 Å². The molecule has 1 unspecified atom stereocenters. The lowest BCUT2D eigenvalue weighted by Crippen LogP contribution is -2.46. The van der Waals surface area contributed by atoms with E-state index in [1.54, 1.807) is 0 Å². The van der Waals surface area contributed by atoms with Crippen LogP contribution in [0.25, 0.3) is 11.3 Å². The molecule has 1 aromatic heterocycles. The SMILES string of the molecule is Cc1ccc(-c2ccc(CN3CCC(O)(CN4CCCCC4)C3)o2)cc1. The van der Waals surface area contributed by atoms with Crippen LogP contribution < -0.4 is 0 Å². The van der Waals surface area contributed by atoms with Crippen LogP contribution in [0.4, 0.5) is 0 Å². The van der Waals surface area contributed by atoms with Gasteiger partial charge in [0.2, 0.25) is 0 Å². The summed E-state index contributed by atoms with van der Waals surface area (Å²) in [7, 11) is 0. The molecule has 2 saturated heterocycles. The average molecular weight is 354 g/mol. The molecule has 0 amide bonds. The Bertz CT molecular complexity index is 718. The minimum atomic E-state index is -0.566. The predicted molar refractivity (Wildman–Crippen MR) is 104 cm³/mol. The second-order valence-corrected chi connectivity index (χ2v) is 8.15. The minimum Gasteiger partial charge on any atom is -0.460 e. The van der Waals surface area contributed by atoms with E-state index in [9.17, 15) is 5.11 Å². The lowest BCUT2D eigenvalue weighted by molar-refractivity contribution is 0.00597. The molecule has 1 N–H and O–H groups in total. The van der Waals surface area contributed by atoms with Gasteiger partial charge in [-0.2, -0.15) is 0 Å². The summed E-state index contributed by atoms with van der Waals surface area (Å²) in [5.41, 5.74) is 1.81. The number of piperidine rings is 1. The van der Waals surface area contributed by atoms with Gasteiger partial charge in [-0.1, -0.05) is 36.2 Å². The van der Waals surface area contributed by atoms with Gasteiger partial charge < -0.3 is 14.4 Å². The number of β-amino-alcohol motifs (C(OH)–C–C–N with tert-alkyl or cyclic N) is 1. The van der Waals surface area contributed by atoms with E-state index in [0.717, 1.165) is 62.8 Å². The molecule has 4 nitrogen and oxygen atoms in total. The third-order valence-corrected chi connectivity index (χ3v) is 5.76. The average Bonchev–Trinajstić information content (AvgIpc) is 3.24. The van der Waals surface area contributed by atoms with E-state index >= 15 is 0 Å². The van der Waals surface area contributed by atoms with Gasteiger partial charge in [0.15, 0.2) is 0 Å². The highest BCUT2D eigenvalue weighted by Gasteiger charge is 2.37. The van der Waals surface area contributed by atoms with Crippen molar-refractivity contribution >= 4 is 0 Å². The maximum atomic E-state index is 11.0. The number of furan rings is 1. The number of hydrogen-bond acceptors (Lipinski definition) is 4. The van der Waals surface area contributed by atoms with Crippen LogP contribution in [0.5, 0.6) is 0 Å². The van der Waals surface area contributed by atoms with Gasteiger partial charge in [0.1, 0.15) is 11.5 Å². The lowest BCUT2D eigenvalue weighted by Gasteiger charge is -2.33. The molecule has 0 bridgehead atoms. The second kappa shape index (κ2) is 7.55. The van der Waals surface area contributed by atoms with Gasteiger partial charge in [-0.25, -0.2) is 0 Å². The Hall–Kier alpha value is -1.62. The number of nitrogens with zero attached hydrogens (tertiary/aromatic N) is 2. The molecular formula is C22H30N2O2. The molecule has 2 aliphatic heterocycles. The van der Waals surface area contributed by atoms with E-state index < -0.39 is 5.60 Å². The Kier molecular flexibility index (Phi) is 5.16. The van der Waals surface area contributed by atoms with Gasteiger partial charge in [-0.05, 0) is 51.4 Å². The van der Waals surface area contributed by atoms with Crippen molar-refractivity contribution in [3.63, 3.8) is 0 Å². The first-order valence-corrected chi connectivity index (χ1v) is 9.93. The maximum absolute atomic E-state index is 11.0. The van der Waals surface area contributed by atoms with Crippen LogP contribution in [0.2, 0.25) is 0 Å². The molecule has 1 atom stereocenters. The van der Waals surface area contributed by atoms with Crippen LogP contribution in [0, 0.1) is 6.92 Å². The Balaban J connectivity index is 1.34. The topological polar surface area (TPSA) is 39.9 Å². The first-order chi connectivity index (χ1) is 12.6. The third-order valence-electron chi connectivity index (χ3n) is 5.76. The van der Waals surface area contributed by atoms with Crippen LogP contribution in [0.15, 0.2) is 40.8 Å². The van der Waals surface area contributed by atoms with E-state index in [2.05, 4.69) is 53.1 Å². The van der Waals surface area contributed by atoms with Gasteiger partial charge in [-0.15, -0.1) is 0 Å². The molecule has 2 aromatic rings. The summed E-state index contributed by atoms with van der Waals surface area (Å²) in [6.45, 7) is 7.63. The van der Waals surface area contributed by atoms with Gasteiger partial charge in [0.05, 0.1) is 12.1 Å². The molecule has 26 heavy (non-hydrogen) atoms. The van der Waals surface area contributed by atoms with Crippen LogP contribution in [-0.4, -0.2) is 53.2 Å². The molecule has 2 fully saturated rings. The molecule has 140 valence electrons. The fourth-order valence-corrected chi connectivity index (χ4v) is 4.29. The molecule has 4 rings (SSSR count). The third kappa shape index (κ3) is 4.20. The number of aliphatic hydroxyl groups is 1. The zero-order chi connectivity index (χ0) is 18.0. The number of aryl methyl sites for hydroxylation is 1. The van der Waals surface area contributed by atoms with Crippen LogP contribution in [0.1, 0.15) is 37.0 Å². The summed E-state index contributed by atoms with van der Waals surface area (Å²) in [6.07, 6.45) is 4.74. The summed E-state index contributed by atoms with van der Waals surface area (Å²) in [5.74, 6) is 1.89. The van der Waals surface area contributed by atoms with Crippen molar-refractivity contribution in [1.82, 2.24) is 9.80 Å². The fraction of sp³-hybridized carbons (Fsp3) is 0.545. The van der Waals surface area contributed by atoms with Gasteiger partial charge in [0.25, 0.3) is 0 Å². The smallest absolute Gasteiger partial charge is 0.134 e. The maximum Gasteiger partial charge on any atom is 0.134 e.